The summed E-state index contributed by atoms with van der Waals surface area (Å²) in [5.41, 5.74) is 1.37. The van der Waals surface area contributed by atoms with Gasteiger partial charge in [0, 0.05) is 25.9 Å². The maximum absolute atomic E-state index is 9.19. The number of hydrogen-bond donors (Lipinski definition) is 1. The summed E-state index contributed by atoms with van der Waals surface area (Å²) in [5, 5.41) is 0. The summed E-state index contributed by atoms with van der Waals surface area (Å²) < 4.78 is 27.9. The largest absolute Gasteiger partial charge is 0.338 e. The highest BCUT2D eigenvalue weighted by Gasteiger charge is 1.99. The van der Waals surface area contributed by atoms with Crippen LogP contribution in [0.25, 0.3) is 0 Å². The second kappa shape index (κ2) is 7.06. The highest BCUT2D eigenvalue weighted by Crippen LogP contribution is 2.04. The molecular weight excluding hydrogens is 264 g/mol. The van der Waals surface area contributed by atoms with Crippen molar-refractivity contribution in [2.75, 3.05) is 6.26 Å². The quantitative estimate of drug-likeness (QED) is 0.870. The summed E-state index contributed by atoms with van der Waals surface area (Å²) in [7, 11) is -1.63. The first kappa shape index (κ1) is 15.4. The third-order valence-electron chi connectivity index (χ3n) is 2.40. The fraction of sp³-hybridized carbons (Fsp3) is 0.308. The summed E-state index contributed by atoms with van der Waals surface area (Å²) >= 11 is 0. The molecule has 0 atom stereocenters. The van der Waals surface area contributed by atoms with Gasteiger partial charge in [0.15, 0.2) is 0 Å². The van der Waals surface area contributed by atoms with Crippen LogP contribution in [-0.2, 0) is 30.0 Å². The van der Waals surface area contributed by atoms with Gasteiger partial charge in [0.2, 0.25) is 0 Å². The van der Waals surface area contributed by atoms with Gasteiger partial charge in [-0.3, -0.25) is 4.55 Å². The van der Waals surface area contributed by atoms with Crippen LogP contribution in [-0.4, -0.2) is 28.8 Å². The van der Waals surface area contributed by atoms with E-state index in [1.54, 1.807) is 0 Å². The molecule has 0 radical (unpaired) electrons. The zero-order chi connectivity index (χ0) is 14.3. The van der Waals surface area contributed by atoms with Crippen LogP contribution >= 0.6 is 0 Å². The highest BCUT2D eigenvalue weighted by molar-refractivity contribution is 7.85. The molecule has 1 heterocycles. The van der Waals surface area contributed by atoms with E-state index in [1.807, 2.05) is 25.5 Å². The van der Waals surface area contributed by atoms with Gasteiger partial charge in [-0.05, 0) is 12.0 Å². The van der Waals surface area contributed by atoms with E-state index < -0.39 is 10.1 Å². The van der Waals surface area contributed by atoms with Gasteiger partial charge in [-0.1, -0.05) is 30.3 Å². The molecule has 5 nitrogen and oxygen atoms in total. The van der Waals surface area contributed by atoms with Gasteiger partial charge in [-0.25, -0.2) is 4.98 Å². The van der Waals surface area contributed by atoms with Crippen LogP contribution in [0, 0.1) is 0 Å². The lowest BCUT2D eigenvalue weighted by molar-refractivity contribution is 0.490. The monoisotopic (exact) mass is 282 g/mol. The summed E-state index contributed by atoms with van der Waals surface area (Å²) in [6.45, 7) is 0. The topological polar surface area (TPSA) is 72.2 Å². The van der Waals surface area contributed by atoms with Crippen LogP contribution < -0.4 is 0 Å². The second-order valence-corrected chi connectivity index (χ2v) is 5.64. The summed E-state index contributed by atoms with van der Waals surface area (Å²) in [5.74, 6) is 1.15. The van der Waals surface area contributed by atoms with Crippen molar-refractivity contribution in [3.63, 3.8) is 0 Å². The zero-order valence-corrected chi connectivity index (χ0v) is 11.8. The number of aryl methyl sites for hydroxylation is 3. The van der Waals surface area contributed by atoms with Gasteiger partial charge in [0.25, 0.3) is 10.1 Å². The lowest BCUT2D eigenvalue weighted by atomic mass is 10.1. The van der Waals surface area contributed by atoms with Gasteiger partial charge in [-0.2, -0.15) is 8.42 Å². The van der Waals surface area contributed by atoms with E-state index in [0.717, 1.165) is 18.7 Å². The molecule has 0 amide bonds. The van der Waals surface area contributed by atoms with Crippen LogP contribution in [0.1, 0.15) is 11.4 Å². The lowest BCUT2D eigenvalue weighted by Crippen LogP contribution is -1.99. The zero-order valence-electron chi connectivity index (χ0n) is 11.0. The molecule has 104 valence electrons. The smallest absolute Gasteiger partial charge is 0.261 e. The SMILES string of the molecule is CS(=O)(=O)O.Cn1ccnc1CCc1ccccc1. The Balaban J connectivity index is 0.000000312. The Morgan fingerprint density at radius 2 is 1.79 bits per heavy atom. The van der Waals surface area contributed by atoms with Gasteiger partial charge >= 0.3 is 0 Å². The number of hydrogen-bond acceptors (Lipinski definition) is 3. The molecule has 1 aromatic heterocycles. The molecule has 6 heteroatoms. The molecule has 0 saturated carbocycles. The Labute approximate surface area is 113 Å². The number of rotatable bonds is 3. The maximum atomic E-state index is 9.19. The van der Waals surface area contributed by atoms with Gasteiger partial charge in [0.1, 0.15) is 5.82 Å². The van der Waals surface area contributed by atoms with E-state index >= 15 is 0 Å². The molecule has 0 bridgehead atoms. The van der Waals surface area contributed by atoms with E-state index in [9.17, 15) is 8.42 Å². The summed E-state index contributed by atoms with van der Waals surface area (Å²) in [4.78, 5) is 4.29. The fourth-order valence-corrected chi connectivity index (χ4v) is 1.54. The average molecular weight is 282 g/mol. The Kier molecular flexibility index (Phi) is 5.72. The molecule has 2 aromatic rings. The molecule has 0 unspecified atom stereocenters. The van der Waals surface area contributed by atoms with Crippen LogP contribution in [0.4, 0.5) is 0 Å². The molecule has 0 spiro atoms. The minimum atomic E-state index is -3.67. The minimum Gasteiger partial charge on any atom is -0.338 e. The molecule has 0 fully saturated rings. The molecule has 1 N–H and O–H groups in total. The fourth-order valence-electron chi connectivity index (χ4n) is 1.54. The number of aromatic nitrogens is 2. The van der Waals surface area contributed by atoms with Gasteiger partial charge in [-0.15, -0.1) is 0 Å². The third kappa shape index (κ3) is 7.38. The molecule has 0 aliphatic rings. The first-order valence-corrected chi connectivity index (χ1v) is 7.63. The van der Waals surface area contributed by atoms with Crippen LogP contribution in [0.2, 0.25) is 0 Å². The van der Waals surface area contributed by atoms with Crippen LogP contribution in [0.3, 0.4) is 0 Å². The maximum Gasteiger partial charge on any atom is 0.261 e. The highest BCUT2D eigenvalue weighted by atomic mass is 32.2. The van der Waals surface area contributed by atoms with E-state index in [1.165, 1.54) is 5.56 Å². The van der Waals surface area contributed by atoms with Crippen molar-refractivity contribution >= 4 is 10.1 Å². The van der Waals surface area contributed by atoms with Crippen LogP contribution in [0.5, 0.6) is 0 Å². The first-order chi connectivity index (χ1) is 8.86. The van der Waals surface area contributed by atoms with Crippen molar-refractivity contribution in [1.29, 1.82) is 0 Å². The van der Waals surface area contributed by atoms with E-state index in [2.05, 4.69) is 33.8 Å². The molecule has 0 aliphatic heterocycles. The van der Waals surface area contributed by atoms with Crippen molar-refractivity contribution in [2.24, 2.45) is 7.05 Å². The predicted octanol–water partition coefficient (Wildman–Crippen LogP) is 1.71. The molecule has 0 aliphatic carbocycles. The van der Waals surface area contributed by atoms with E-state index in [4.69, 9.17) is 4.55 Å². The first-order valence-electron chi connectivity index (χ1n) is 5.79. The molecule has 0 saturated heterocycles. The molecule has 19 heavy (non-hydrogen) atoms. The predicted molar refractivity (Wildman–Crippen MR) is 74.5 cm³/mol. The normalized spacial score (nSPS) is 10.7. The van der Waals surface area contributed by atoms with Crippen molar-refractivity contribution in [1.82, 2.24) is 9.55 Å². The van der Waals surface area contributed by atoms with Crippen molar-refractivity contribution < 1.29 is 13.0 Å². The van der Waals surface area contributed by atoms with E-state index in [-0.39, 0.29) is 0 Å². The second-order valence-electron chi connectivity index (χ2n) is 4.17. The number of imidazole rings is 1. The molecular formula is C13H18N2O3S. The van der Waals surface area contributed by atoms with Crippen molar-refractivity contribution in [2.45, 2.75) is 12.8 Å². The average Bonchev–Trinajstić information content (AvgIpc) is 2.71. The summed E-state index contributed by atoms with van der Waals surface area (Å²) in [6.07, 6.45) is 6.62. The standard InChI is InChI=1S/C12H14N2.CH4O3S/c1-14-10-9-13-12(14)8-7-11-5-3-2-4-6-11;1-5(2,3)4/h2-6,9-10H,7-8H2,1H3;1H3,(H,2,3,4). The molecule has 1 aromatic carbocycles. The minimum absolute atomic E-state index is 0.715. The number of benzene rings is 1. The molecule has 2 rings (SSSR count). The van der Waals surface area contributed by atoms with Gasteiger partial charge < -0.3 is 4.57 Å². The Morgan fingerprint density at radius 3 is 2.26 bits per heavy atom. The third-order valence-corrected chi connectivity index (χ3v) is 2.40. The van der Waals surface area contributed by atoms with Crippen molar-refractivity contribution in [3.8, 4) is 0 Å². The Hall–Kier alpha value is -1.66. The Morgan fingerprint density at radius 1 is 1.21 bits per heavy atom. The lowest BCUT2D eigenvalue weighted by Gasteiger charge is -2.01. The van der Waals surface area contributed by atoms with Gasteiger partial charge in [0.05, 0.1) is 6.26 Å². The van der Waals surface area contributed by atoms with Crippen molar-refractivity contribution in [3.05, 3.63) is 54.1 Å². The van der Waals surface area contributed by atoms with Crippen LogP contribution in [0.15, 0.2) is 42.7 Å². The van der Waals surface area contributed by atoms with E-state index in [0.29, 0.717) is 6.26 Å². The Bertz CT molecular complexity index is 583. The number of nitrogens with zero attached hydrogens (tertiary/aromatic N) is 2. The summed E-state index contributed by atoms with van der Waals surface area (Å²) in [6, 6.07) is 10.5.